The van der Waals surface area contributed by atoms with Crippen molar-refractivity contribution in [3.8, 4) is 5.75 Å². The van der Waals surface area contributed by atoms with Gasteiger partial charge in [-0.3, -0.25) is 14.3 Å². The molecule has 1 aliphatic rings. The van der Waals surface area contributed by atoms with Crippen LogP contribution in [-0.2, 0) is 22.9 Å². The maximum atomic E-state index is 14.8. The summed E-state index contributed by atoms with van der Waals surface area (Å²) in [4.78, 5) is 28.2. The lowest BCUT2D eigenvalue weighted by molar-refractivity contribution is -0.145. The molecule has 0 atom stereocenters. The molecule has 0 unspecified atom stereocenters. The monoisotopic (exact) mass is 572 g/mol. The Kier molecular flexibility index (Phi) is 8.02. The molecule has 218 valence electrons. The second kappa shape index (κ2) is 11.0. The van der Waals surface area contributed by atoms with Gasteiger partial charge < -0.3 is 15.0 Å². The molecule has 1 aliphatic heterocycles. The van der Waals surface area contributed by atoms with Crippen LogP contribution in [0.15, 0.2) is 48.7 Å². The van der Waals surface area contributed by atoms with Crippen molar-refractivity contribution in [2.75, 3.05) is 13.7 Å². The highest BCUT2D eigenvalue weighted by molar-refractivity contribution is 6.20. The van der Waals surface area contributed by atoms with Gasteiger partial charge in [0, 0.05) is 35.3 Å². The number of amides is 2. The summed E-state index contributed by atoms with van der Waals surface area (Å²) in [6.07, 6.45) is -3.57. The summed E-state index contributed by atoms with van der Waals surface area (Å²) in [5.41, 5.74) is -1.88. The highest BCUT2D eigenvalue weighted by Crippen LogP contribution is 2.44. The van der Waals surface area contributed by atoms with E-state index in [1.54, 1.807) is 52.0 Å². The number of nitrogens with one attached hydrogen (secondary N) is 1. The van der Waals surface area contributed by atoms with Gasteiger partial charge >= 0.3 is 6.18 Å². The summed E-state index contributed by atoms with van der Waals surface area (Å²) in [6, 6.07) is 10.1. The van der Waals surface area contributed by atoms with Gasteiger partial charge in [-0.15, -0.1) is 0 Å². The second-order valence-corrected chi connectivity index (χ2v) is 11.0. The van der Waals surface area contributed by atoms with E-state index in [1.807, 2.05) is 0 Å². The highest BCUT2D eigenvalue weighted by atomic mass is 19.4. The molecule has 0 aliphatic carbocycles. The third-order valence-electron chi connectivity index (χ3n) is 6.82. The standard InChI is InChI=1S/C30H32F4N4O3/c1-17(2)35-27(39)22-15-37(28(40)20-9-12-23(31)18(3)13-20)16-29(4,5)24-25(22)36-38(26(24)30(32,33)34)14-19-7-10-21(41-6)11-8-19/h7-13,15,17H,14,16H2,1-6H3,(H,35,39). The minimum atomic E-state index is -4.82. The zero-order valence-corrected chi connectivity index (χ0v) is 23.7. The van der Waals surface area contributed by atoms with Crippen LogP contribution in [0.1, 0.15) is 66.1 Å². The predicted molar refractivity (Wildman–Crippen MR) is 146 cm³/mol. The van der Waals surface area contributed by atoms with Crippen LogP contribution < -0.4 is 10.1 Å². The minimum absolute atomic E-state index is 0.139. The minimum Gasteiger partial charge on any atom is -0.497 e. The van der Waals surface area contributed by atoms with E-state index in [1.165, 1.54) is 37.3 Å². The number of alkyl halides is 3. The molecule has 0 saturated carbocycles. The molecule has 1 aromatic heterocycles. The number of aromatic nitrogens is 2. The van der Waals surface area contributed by atoms with Crippen LogP contribution in [0.3, 0.4) is 0 Å². The number of methoxy groups -OCH3 is 1. The smallest absolute Gasteiger partial charge is 0.433 e. The lowest BCUT2D eigenvalue weighted by Crippen LogP contribution is -2.38. The first kappa shape index (κ1) is 29.8. The van der Waals surface area contributed by atoms with Crippen molar-refractivity contribution in [1.29, 1.82) is 0 Å². The van der Waals surface area contributed by atoms with E-state index in [2.05, 4.69) is 10.4 Å². The first-order valence-electron chi connectivity index (χ1n) is 13.0. The van der Waals surface area contributed by atoms with Crippen LogP contribution in [0.2, 0.25) is 0 Å². The summed E-state index contributed by atoms with van der Waals surface area (Å²) >= 11 is 0. The molecular weight excluding hydrogens is 540 g/mol. The molecule has 0 fully saturated rings. The van der Waals surface area contributed by atoms with Crippen LogP contribution >= 0.6 is 0 Å². The summed E-state index contributed by atoms with van der Waals surface area (Å²) in [5, 5.41) is 7.08. The van der Waals surface area contributed by atoms with Crippen molar-refractivity contribution in [2.45, 2.75) is 58.8 Å². The molecule has 0 radical (unpaired) electrons. The number of hydrogen-bond acceptors (Lipinski definition) is 4. The van der Waals surface area contributed by atoms with E-state index >= 15 is 0 Å². The molecule has 3 aromatic rings. The quantitative estimate of drug-likeness (QED) is 0.385. The Morgan fingerprint density at radius 2 is 1.78 bits per heavy atom. The maximum absolute atomic E-state index is 14.8. The topological polar surface area (TPSA) is 76.5 Å². The van der Waals surface area contributed by atoms with E-state index < -0.39 is 34.9 Å². The number of ether oxygens (including phenoxy) is 1. The Morgan fingerprint density at radius 3 is 2.34 bits per heavy atom. The van der Waals surface area contributed by atoms with Crippen molar-refractivity contribution >= 4 is 17.4 Å². The molecular formula is C30H32F4N4O3. The third-order valence-corrected chi connectivity index (χ3v) is 6.82. The van der Waals surface area contributed by atoms with Crippen molar-refractivity contribution in [1.82, 2.24) is 20.0 Å². The fourth-order valence-electron chi connectivity index (χ4n) is 4.95. The molecule has 4 rings (SSSR count). The lowest BCUT2D eigenvalue weighted by atomic mass is 9.81. The molecule has 7 nitrogen and oxygen atoms in total. The maximum Gasteiger partial charge on any atom is 0.433 e. The number of halogens is 4. The van der Waals surface area contributed by atoms with Crippen LogP contribution in [0.5, 0.6) is 5.75 Å². The van der Waals surface area contributed by atoms with E-state index in [4.69, 9.17) is 4.74 Å². The van der Waals surface area contributed by atoms with E-state index in [0.717, 1.165) is 10.7 Å². The Labute approximate surface area is 235 Å². The Morgan fingerprint density at radius 1 is 1.12 bits per heavy atom. The van der Waals surface area contributed by atoms with E-state index in [-0.39, 0.29) is 47.1 Å². The van der Waals surface area contributed by atoms with Crippen LogP contribution in [0, 0.1) is 12.7 Å². The number of aryl methyl sites for hydroxylation is 1. The number of hydrogen-bond donors (Lipinski definition) is 1. The molecule has 0 saturated heterocycles. The molecule has 41 heavy (non-hydrogen) atoms. The largest absolute Gasteiger partial charge is 0.497 e. The van der Waals surface area contributed by atoms with Gasteiger partial charge in [-0.2, -0.15) is 18.3 Å². The van der Waals surface area contributed by atoms with E-state index in [0.29, 0.717) is 11.3 Å². The van der Waals surface area contributed by atoms with Crippen molar-refractivity contribution < 1.29 is 31.9 Å². The first-order chi connectivity index (χ1) is 19.1. The Balaban J connectivity index is 1.91. The van der Waals surface area contributed by atoms with Gasteiger partial charge in [-0.1, -0.05) is 26.0 Å². The Bertz CT molecular complexity index is 1510. The number of benzene rings is 2. The van der Waals surface area contributed by atoms with Gasteiger partial charge in [0.1, 0.15) is 23.0 Å². The zero-order chi connectivity index (χ0) is 30.3. The van der Waals surface area contributed by atoms with Gasteiger partial charge in [0.2, 0.25) is 0 Å². The summed E-state index contributed by atoms with van der Waals surface area (Å²) in [7, 11) is 1.49. The third kappa shape index (κ3) is 6.13. The fourth-order valence-corrected chi connectivity index (χ4v) is 4.95. The van der Waals surface area contributed by atoms with Gasteiger partial charge in [-0.25, -0.2) is 4.39 Å². The van der Waals surface area contributed by atoms with Crippen molar-refractivity contribution in [3.05, 3.63) is 88.1 Å². The van der Waals surface area contributed by atoms with Crippen molar-refractivity contribution in [2.24, 2.45) is 0 Å². The van der Waals surface area contributed by atoms with Gasteiger partial charge in [0.15, 0.2) is 0 Å². The molecule has 2 amide bonds. The molecule has 2 heterocycles. The Hall–Kier alpha value is -4.15. The van der Waals surface area contributed by atoms with Gasteiger partial charge in [0.25, 0.3) is 11.8 Å². The van der Waals surface area contributed by atoms with Gasteiger partial charge in [-0.05, 0) is 62.2 Å². The van der Waals surface area contributed by atoms with Crippen molar-refractivity contribution in [3.63, 3.8) is 0 Å². The average Bonchev–Trinajstić information content (AvgIpc) is 3.23. The lowest BCUT2D eigenvalue weighted by Gasteiger charge is -2.30. The number of fused-ring (bicyclic) bond motifs is 1. The summed E-state index contributed by atoms with van der Waals surface area (Å²) < 4.78 is 64.3. The second-order valence-electron chi connectivity index (χ2n) is 11.0. The number of nitrogens with zero attached hydrogens (tertiary/aromatic N) is 3. The van der Waals surface area contributed by atoms with E-state index in [9.17, 15) is 27.2 Å². The predicted octanol–water partition coefficient (Wildman–Crippen LogP) is 5.71. The zero-order valence-electron chi connectivity index (χ0n) is 23.7. The first-order valence-corrected chi connectivity index (χ1v) is 13.0. The number of carbonyl (C=O) groups excluding carboxylic acids is 2. The van der Waals surface area contributed by atoms with Gasteiger partial charge in [0.05, 0.1) is 19.2 Å². The molecule has 2 aromatic carbocycles. The number of rotatable bonds is 6. The fraction of sp³-hybridized carbons (Fsp3) is 0.367. The summed E-state index contributed by atoms with van der Waals surface area (Å²) in [5.74, 6) is -1.19. The molecule has 1 N–H and O–H groups in total. The number of carbonyl (C=O) groups is 2. The van der Waals surface area contributed by atoms with Crippen LogP contribution in [-0.4, -0.2) is 46.2 Å². The highest BCUT2D eigenvalue weighted by Gasteiger charge is 2.47. The average molecular weight is 573 g/mol. The molecule has 0 spiro atoms. The van der Waals surface area contributed by atoms with Crippen LogP contribution in [0.4, 0.5) is 17.6 Å². The summed E-state index contributed by atoms with van der Waals surface area (Å²) in [6.45, 7) is 7.69. The van der Waals surface area contributed by atoms with Crippen LogP contribution in [0.25, 0.3) is 5.57 Å². The normalized spacial score (nSPS) is 14.8. The SMILES string of the molecule is COc1ccc(Cn2nc3c(c2C(F)(F)F)C(C)(C)CN(C(=O)c2ccc(F)c(C)c2)C=C3C(=O)NC(C)C)cc1. The molecule has 11 heteroatoms. The molecule has 0 bridgehead atoms.